The summed E-state index contributed by atoms with van der Waals surface area (Å²) in [6, 6.07) is 9.37. The van der Waals surface area contributed by atoms with Gasteiger partial charge in [-0.05, 0) is 26.0 Å². The third-order valence-electron chi connectivity index (χ3n) is 2.68. The number of aromatic nitrogens is 2. The first-order chi connectivity index (χ1) is 8.65. The quantitative estimate of drug-likeness (QED) is 0.774. The number of benzene rings is 1. The van der Waals surface area contributed by atoms with Crippen molar-refractivity contribution >= 4 is 6.29 Å². The van der Waals surface area contributed by atoms with Crippen LogP contribution in [0.1, 0.15) is 35.8 Å². The summed E-state index contributed by atoms with van der Waals surface area (Å²) in [5.41, 5.74) is 2.51. The first kappa shape index (κ1) is 12.1. The molecule has 4 nitrogen and oxygen atoms in total. The monoisotopic (exact) mass is 239 g/mol. The van der Waals surface area contributed by atoms with E-state index < -0.39 is 0 Å². The van der Waals surface area contributed by atoms with Crippen LogP contribution in [0, 0.1) is 11.3 Å². The minimum Gasteiger partial charge on any atom is -0.298 e. The lowest BCUT2D eigenvalue weighted by Gasteiger charge is -2.03. The summed E-state index contributed by atoms with van der Waals surface area (Å²) in [5, 5.41) is 13.3. The van der Waals surface area contributed by atoms with Gasteiger partial charge in [-0.3, -0.25) is 9.48 Å². The molecule has 1 aromatic heterocycles. The van der Waals surface area contributed by atoms with E-state index >= 15 is 0 Å². The van der Waals surface area contributed by atoms with Gasteiger partial charge in [0.15, 0.2) is 6.29 Å². The number of hydrogen-bond acceptors (Lipinski definition) is 3. The standard InChI is InChI=1S/C14H13N3O/c1-10(2)17-8-13(9-18)14(16-17)12-5-3-4-11(6-12)7-15/h3-6,8-10H,1-2H3. The molecule has 0 atom stereocenters. The minimum absolute atomic E-state index is 0.191. The molecular weight excluding hydrogens is 226 g/mol. The molecule has 1 aromatic carbocycles. The predicted octanol–water partition coefficient (Wildman–Crippen LogP) is 2.82. The van der Waals surface area contributed by atoms with Gasteiger partial charge in [-0.25, -0.2) is 0 Å². The third kappa shape index (κ3) is 2.16. The molecule has 0 aliphatic carbocycles. The highest BCUT2D eigenvalue weighted by Gasteiger charge is 2.12. The molecule has 0 bridgehead atoms. The van der Waals surface area contributed by atoms with E-state index in [1.54, 1.807) is 29.1 Å². The van der Waals surface area contributed by atoms with Crippen LogP contribution >= 0.6 is 0 Å². The highest BCUT2D eigenvalue weighted by Crippen LogP contribution is 2.23. The van der Waals surface area contributed by atoms with Gasteiger partial charge in [-0.1, -0.05) is 12.1 Å². The fourth-order valence-electron chi connectivity index (χ4n) is 1.72. The molecule has 0 radical (unpaired) electrons. The molecule has 1 heterocycles. The van der Waals surface area contributed by atoms with Gasteiger partial charge in [0.2, 0.25) is 0 Å². The van der Waals surface area contributed by atoms with E-state index in [9.17, 15) is 4.79 Å². The Morgan fingerprint density at radius 2 is 2.22 bits per heavy atom. The number of hydrogen-bond donors (Lipinski definition) is 0. The maximum absolute atomic E-state index is 11.1. The Morgan fingerprint density at radius 3 is 2.83 bits per heavy atom. The number of nitriles is 1. The summed E-state index contributed by atoms with van der Waals surface area (Å²) in [6.45, 7) is 3.99. The minimum atomic E-state index is 0.191. The Balaban J connectivity index is 2.55. The van der Waals surface area contributed by atoms with Crippen molar-refractivity contribution in [1.82, 2.24) is 9.78 Å². The first-order valence-electron chi connectivity index (χ1n) is 5.70. The second-order valence-electron chi connectivity index (χ2n) is 4.32. The van der Waals surface area contributed by atoms with Crippen molar-refractivity contribution in [1.29, 1.82) is 5.26 Å². The molecule has 4 heteroatoms. The van der Waals surface area contributed by atoms with Gasteiger partial charge in [0.05, 0.1) is 17.2 Å². The van der Waals surface area contributed by atoms with Crippen molar-refractivity contribution < 1.29 is 4.79 Å². The number of rotatable bonds is 3. The van der Waals surface area contributed by atoms with E-state index in [0.29, 0.717) is 16.8 Å². The van der Waals surface area contributed by atoms with Crippen LogP contribution in [-0.2, 0) is 0 Å². The van der Waals surface area contributed by atoms with Gasteiger partial charge >= 0.3 is 0 Å². The highest BCUT2D eigenvalue weighted by atomic mass is 16.1. The average molecular weight is 239 g/mol. The molecule has 2 aromatic rings. The van der Waals surface area contributed by atoms with Crippen molar-refractivity contribution in [3.8, 4) is 17.3 Å². The molecule has 90 valence electrons. The smallest absolute Gasteiger partial charge is 0.153 e. The number of nitrogens with zero attached hydrogens (tertiary/aromatic N) is 3. The number of carbonyl (C=O) groups is 1. The Labute approximate surface area is 105 Å². The van der Waals surface area contributed by atoms with Crippen molar-refractivity contribution in [2.24, 2.45) is 0 Å². The molecule has 0 saturated heterocycles. The van der Waals surface area contributed by atoms with Crippen LogP contribution in [0.5, 0.6) is 0 Å². The SMILES string of the molecule is CC(C)n1cc(C=O)c(-c2cccc(C#N)c2)n1. The maximum atomic E-state index is 11.1. The largest absolute Gasteiger partial charge is 0.298 e. The predicted molar refractivity (Wildman–Crippen MR) is 68.2 cm³/mol. The summed E-state index contributed by atoms with van der Waals surface area (Å²) in [7, 11) is 0. The van der Waals surface area contributed by atoms with Gasteiger partial charge in [0.1, 0.15) is 5.69 Å². The summed E-state index contributed by atoms with van der Waals surface area (Å²) in [5.74, 6) is 0. The van der Waals surface area contributed by atoms with E-state index in [0.717, 1.165) is 11.8 Å². The van der Waals surface area contributed by atoms with Crippen LogP contribution in [0.4, 0.5) is 0 Å². The second-order valence-corrected chi connectivity index (χ2v) is 4.32. The third-order valence-corrected chi connectivity index (χ3v) is 2.68. The average Bonchev–Trinajstić information content (AvgIpc) is 2.83. The van der Waals surface area contributed by atoms with Crippen molar-refractivity contribution in [3.05, 3.63) is 41.6 Å². The zero-order valence-corrected chi connectivity index (χ0v) is 10.3. The van der Waals surface area contributed by atoms with Gasteiger partial charge in [-0.15, -0.1) is 0 Å². The molecule has 0 unspecified atom stereocenters. The molecule has 0 fully saturated rings. The molecule has 0 aliphatic rings. The van der Waals surface area contributed by atoms with E-state index in [4.69, 9.17) is 5.26 Å². The van der Waals surface area contributed by atoms with Crippen molar-refractivity contribution in [3.63, 3.8) is 0 Å². The van der Waals surface area contributed by atoms with E-state index in [1.807, 2.05) is 19.9 Å². The summed E-state index contributed by atoms with van der Waals surface area (Å²) >= 11 is 0. The molecule has 0 spiro atoms. The van der Waals surface area contributed by atoms with Crippen LogP contribution < -0.4 is 0 Å². The Morgan fingerprint density at radius 1 is 1.44 bits per heavy atom. The molecule has 0 aliphatic heterocycles. The fraction of sp³-hybridized carbons (Fsp3) is 0.214. The topological polar surface area (TPSA) is 58.7 Å². The van der Waals surface area contributed by atoms with E-state index in [1.165, 1.54) is 0 Å². The van der Waals surface area contributed by atoms with Crippen LogP contribution in [0.25, 0.3) is 11.3 Å². The molecule has 0 amide bonds. The maximum Gasteiger partial charge on any atom is 0.153 e. The molecule has 18 heavy (non-hydrogen) atoms. The summed E-state index contributed by atoms with van der Waals surface area (Å²) < 4.78 is 1.75. The molecular formula is C14H13N3O. The van der Waals surface area contributed by atoms with Gasteiger partial charge in [0, 0.05) is 17.8 Å². The molecule has 0 saturated carbocycles. The second kappa shape index (κ2) is 4.84. The first-order valence-corrected chi connectivity index (χ1v) is 5.70. The van der Waals surface area contributed by atoms with Crippen LogP contribution in [0.2, 0.25) is 0 Å². The lowest BCUT2D eigenvalue weighted by atomic mass is 10.1. The van der Waals surface area contributed by atoms with Crippen LogP contribution in [0.15, 0.2) is 30.5 Å². The summed E-state index contributed by atoms with van der Waals surface area (Å²) in [6.07, 6.45) is 2.52. The van der Waals surface area contributed by atoms with Gasteiger partial charge < -0.3 is 0 Å². The van der Waals surface area contributed by atoms with Crippen molar-refractivity contribution in [2.45, 2.75) is 19.9 Å². The zero-order valence-electron chi connectivity index (χ0n) is 10.3. The fourth-order valence-corrected chi connectivity index (χ4v) is 1.72. The van der Waals surface area contributed by atoms with Gasteiger partial charge in [-0.2, -0.15) is 10.4 Å². The van der Waals surface area contributed by atoms with E-state index in [2.05, 4.69) is 11.2 Å². The molecule has 2 rings (SSSR count). The number of carbonyl (C=O) groups excluding carboxylic acids is 1. The molecule has 0 N–H and O–H groups in total. The lowest BCUT2D eigenvalue weighted by molar-refractivity contribution is 0.112. The van der Waals surface area contributed by atoms with Crippen LogP contribution in [-0.4, -0.2) is 16.1 Å². The highest BCUT2D eigenvalue weighted by molar-refractivity contribution is 5.85. The van der Waals surface area contributed by atoms with Crippen LogP contribution in [0.3, 0.4) is 0 Å². The van der Waals surface area contributed by atoms with Gasteiger partial charge in [0.25, 0.3) is 0 Å². The van der Waals surface area contributed by atoms with E-state index in [-0.39, 0.29) is 6.04 Å². The number of aldehydes is 1. The Kier molecular flexibility index (Phi) is 3.24. The Bertz CT molecular complexity index is 620. The zero-order chi connectivity index (χ0) is 13.1. The summed E-state index contributed by atoms with van der Waals surface area (Å²) in [4.78, 5) is 11.1. The normalized spacial score (nSPS) is 10.3. The Hall–Kier alpha value is -2.41. The lowest BCUT2D eigenvalue weighted by Crippen LogP contribution is -2.00. The van der Waals surface area contributed by atoms with Crippen molar-refractivity contribution in [2.75, 3.05) is 0 Å².